The summed E-state index contributed by atoms with van der Waals surface area (Å²) in [5, 5.41) is 8.42. The molecule has 12 heavy (non-hydrogen) atoms. The third kappa shape index (κ3) is 0.992. The molecule has 0 aromatic rings. The van der Waals surface area contributed by atoms with E-state index < -0.39 is 0 Å². The Labute approximate surface area is 72.5 Å². The lowest BCUT2D eigenvalue weighted by Gasteiger charge is -2.27. The highest BCUT2D eigenvalue weighted by Crippen LogP contribution is 2.17. The van der Waals surface area contributed by atoms with Crippen molar-refractivity contribution in [3.05, 3.63) is 11.1 Å². The highest BCUT2D eigenvalue weighted by molar-refractivity contribution is 5.99. The van der Waals surface area contributed by atoms with Gasteiger partial charge >= 0.3 is 0 Å². The van der Waals surface area contributed by atoms with Crippen LogP contribution >= 0.6 is 0 Å². The summed E-state index contributed by atoms with van der Waals surface area (Å²) in [7, 11) is 1.98. The third-order valence-corrected chi connectivity index (χ3v) is 2.38. The summed E-state index contributed by atoms with van der Waals surface area (Å²) < 4.78 is 0. The summed E-state index contributed by atoms with van der Waals surface area (Å²) in [5.41, 5.74) is 5.97. The molecule has 1 N–H and O–H groups in total. The predicted octanol–water partition coefficient (Wildman–Crippen LogP) is 0.359. The van der Waals surface area contributed by atoms with Crippen LogP contribution < -0.4 is 5.43 Å². The van der Waals surface area contributed by atoms with Crippen LogP contribution in [0.15, 0.2) is 16.2 Å². The fourth-order valence-corrected chi connectivity index (χ4v) is 1.46. The van der Waals surface area contributed by atoms with Crippen LogP contribution in [0.5, 0.6) is 0 Å². The molecule has 0 atom stereocenters. The fourth-order valence-electron chi connectivity index (χ4n) is 1.46. The zero-order chi connectivity index (χ0) is 8.72. The number of hydrogen-bond acceptors (Lipinski definition) is 4. The lowest BCUT2D eigenvalue weighted by Crippen LogP contribution is -2.46. The van der Waals surface area contributed by atoms with Gasteiger partial charge in [0.15, 0.2) is 5.84 Å². The Morgan fingerprint density at radius 2 is 2.17 bits per heavy atom. The number of amidine groups is 1. The van der Waals surface area contributed by atoms with Crippen molar-refractivity contribution >= 4 is 5.84 Å². The van der Waals surface area contributed by atoms with Crippen molar-refractivity contribution in [3.8, 4) is 0 Å². The predicted molar refractivity (Wildman–Crippen MR) is 48.3 cm³/mol. The maximum Gasteiger partial charge on any atom is 0.167 e. The number of hydrazone groups is 1. The van der Waals surface area contributed by atoms with Gasteiger partial charge in [-0.05, 0) is 19.4 Å². The molecule has 0 saturated carbocycles. The van der Waals surface area contributed by atoms with Crippen LogP contribution in [0.4, 0.5) is 0 Å². The van der Waals surface area contributed by atoms with E-state index in [0.717, 1.165) is 19.0 Å². The Bertz CT molecular complexity index is 266. The number of hydrogen-bond donors (Lipinski definition) is 1. The van der Waals surface area contributed by atoms with E-state index in [0.29, 0.717) is 0 Å². The smallest absolute Gasteiger partial charge is 0.167 e. The van der Waals surface area contributed by atoms with Gasteiger partial charge in [-0.15, -0.1) is 0 Å². The van der Waals surface area contributed by atoms with E-state index in [1.165, 1.54) is 11.1 Å². The van der Waals surface area contributed by atoms with Crippen molar-refractivity contribution in [2.24, 2.45) is 5.10 Å². The molecule has 66 valence electrons. The molecule has 0 aromatic carbocycles. The SMILES string of the molecule is CC1=C(C)C2=NN(C)CN2NC1. The van der Waals surface area contributed by atoms with Crippen LogP contribution in [-0.4, -0.2) is 36.1 Å². The maximum absolute atomic E-state index is 4.40. The first-order valence-corrected chi connectivity index (χ1v) is 4.16. The van der Waals surface area contributed by atoms with E-state index in [4.69, 9.17) is 0 Å². The molecule has 2 rings (SSSR count). The molecule has 0 radical (unpaired) electrons. The summed E-state index contributed by atoms with van der Waals surface area (Å²) in [6, 6.07) is 0. The Balaban J connectivity index is 2.34. The average molecular weight is 166 g/mol. The molecule has 0 spiro atoms. The van der Waals surface area contributed by atoms with Crippen molar-refractivity contribution in [1.82, 2.24) is 15.4 Å². The van der Waals surface area contributed by atoms with Crippen LogP contribution in [0, 0.1) is 0 Å². The lowest BCUT2D eigenvalue weighted by molar-refractivity contribution is 0.226. The van der Waals surface area contributed by atoms with Gasteiger partial charge in [0, 0.05) is 13.6 Å². The molecule has 0 bridgehead atoms. The van der Waals surface area contributed by atoms with Crippen LogP contribution in [-0.2, 0) is 0 Å². The molecule has 2 aliphatic rings. The number of nitrogens with zero attached hydrogens (tertiary/aromatic N) is 3. The van der Waals surface area contributed by atoms with E-state index in [2.05, 4.69) is 29.4 Å². The zero-order valence-electron chi connectivity index (χ0n) is 7.76. The summed E-state index contributed by atoms with van der Waals surface area (Å²) in [6.07, 6.45) is 0. The Kier molecular flexibility index (Phi) is 1.58. The molecule has 2 heterocycles. The van der Waals surface area contributed by atoms with Crippen molar-refractivity contribution in [3.63, 3.8) is 0 Å². The van der Waals surface area contributed by atoms with E-state index >= 15 is 0 Å². The van der Waals surface area contributed by atoms with Gasteiger partial charge < -0.3 is 0 Å². The van der Waals surface area contributed by atoms with Crippen molar-refractivity contribution < 1.29 is 0 Å². The molecule has 0 saturated heterocycles. The van der Waals surface area contributed by atoms with E-state index in [1.54, 1.807) is 0 Å². The molecular formula is C8H14N4. The largest absolute Gasteiger partial charge is 0.277 e. The summed E-state index contributed by atoms with van der Waals surface area (Å²) in [5.74, 6) is 1.07. The minimum atomic E-state index is 0.847. The Hall–Kier alpha value is -1.03. The van der Waals surface area contributed by atoms with Gasteiger partial charge in [0.05, 0.1) is 0 Å². The highest BCUT2D eigenvalue weighted by Gasteiger charge is 2.25. The van der Waals surface area contributed by atoms with Crippen LogP contribution in [0.25, 0.3) is 0 Å². The van der Waals surface area contributed by atoms with Crippen molar-refractivity contribution in [2.75, 3.05) is 20.3 Å². The van der Waals surface area contributed by atoms with Crippen molar-refractivity contribution in [1.29, 1.82) is 0 Å². The zero-order valence-corrected chi connectivity index (χ0v) is 7.76. The summed E-state index contributed by atoms with van der Waals surface area (Å²) >= 11 is 0. The normalized spacial score (nSPS) is 23.1. The van der Waals surface area contributed by atoms with Gasteiger partial charge in [0.25, 0.3) is 0 Å². The van der Waals surface area contributed by atoms with Crippen LogP contribution in [0.2, 0.25) is 0 Å². The number of fused-ring (bicyclic) bond motifs is 1. The average Bonchev–Trinajstić information content (AvgIpc) is 2.39. The molecule has 0 fully saturated rings. The maximum atomic E-state index is 4.40. The van der Waals surface area contributed by atoms with E-state index in [-0.39, 0.29) is 0 Å². The fraction of sp³-hybridized carbons (Fsp3) is 0.625. The van der Waals surface area contributed by atoms with Gasteiger partial charge in [-0.2, -0.15) is 5.10 Å². The van der Waals surface area contributed by atoms with E-state index in [1.807, 2.05) is 12.1 Å². The second-order valence-corrected chi connectivity index (χ2v) is 3.39. The van der Waals surface area contributed by atoms with Crippen molar-refractivity contribution in [2.45, 2.75) is 13.8 Å². The van der Waals surface area contributed by atoms with Gasteiger partial charge in [-0.25, -0.2) is 5.43 Å². The molecular weight excluding hydrogens is 152 g/mol. The number of rotatable bonds is 0. The van der Waals surface area contributed by atoms with E-state index in [9.17, 15) is 0 Å². The highest BCUT2D eigenvalue weighted by atomic mass is 15.7. The molecule has 0 unspecified atom stereocenters. The third-order valence-electron chi connectivity index (χ3n) is 2.38. The summed E-state index contributed by atoms with van der Waals surface area (Å²) in [4.78, 5) is 0. The van der Waals surface area contributed by atoms with Gasteiger partial charge in [0.1, 0.15) is 6.67 Å². The topological polar surface area (TPSA) is 30.9 Å². The minimum absolute atomic E-state index is 0.847. The lowest BCUT2D eigenvalue weighted by atomic mass is 10.1. The first-order chi connectivity index (χ1) is 5.68. The quantitative estimate of drug-likeness (QED) is 0.563. The number of nitrogens with one attached hydrogen (secondary N) is 1. The monoisotopic (exact) mass is 166 g/mol. The van der Waals surface area contributed by atoms with Crippen LogP contribution in [0.3, 0.4) is 0 Å². The number of hydrazine groups is 1. The molecule has 0 amide bonds. The van der Waals surface area contributed by atoms with Gasteiger partial charge in [-0.3, -0.25) is 10.0 Å². The van der Waals surface area contributed by atoms with Gasteiger partial charge in [0.2, 0.25) is 0 Å². The second-order valence-electron chi connectivity index (χ2n) is 3.39. The molecule has 4 heteroatoms. The Morgan fingerprint density at radius 3 is 2.92 bits per heavy atom. The summed E-state index contributed by atoms with van der Waals surface area (Å²) in [6.45, 7) is 6.06. The Morgan fingerprint density at radius 1 is 1.42 bits per heavy atom. The van der Waals surface area contributed by atoms with Crippen LogP contribution in [0.1, 0.15) is 13.8 Å². The second kappa shape index (κ2) is 2.48. The molecule has 0 aromatic heterocycles. The molecule has 2 aliphatic heterocycles. The first kappa shape index (κ1) is 7.61. The molecule has 0 aliphatic carbocycles. The van der Waals surface area contributed by atoms with Gasteiger partial charge in [-0.1, -0.05) is 5.57 Å². The minimum Gasteiger partial charge on any atom is -0.277 e. The first-order valence-electron chi connectivity index (χ1n) is 4.16. The standard InChI is InChI=1S/C8H14N4/c1-6-4-9-12-5-11(3)10-8(12)7(6)2/h9H,4-5H2,1-3H3. The molecule has 4 nitrogen and oxygen atoms in total.